The fraction of sp³-hybridized carbons (Fsp3) is 0.318. The number of hydrogen-bond donors (Lipinski definition) is 2. The number of thioether (sulfide) groups is 1. The van der Waals surface area contributed by atoms with Crippen LogP contribution in [0.4, 0.5) is 5.69 Å². The maximum absolute atomic E-state index is 12.2. The molecule has 7 nitrogen and oxygen atoms in total. The second kappa shape index (κ2) is 10.7. The number of hydrogen-bond acceptors (Lipinski definition) is 6. The number of amides is 2. The Morgan fingerprint density at radius 1 is 1.00 bits per heavy atom. The van der Waals surface area contributed by atoms with E-state index in [1.165, 1.54) is 18.9 Å². The Morgan fingerprint density at radius 2 is 1.67 bits per heavy atom. The highest BCUT2D eigenvalue weighted by Crippen LogP contribution is 2.26. The van der Waals surface area contributed by atoms with E-state index in [0.717, 1.165) is 27.3 Å². The van der Waals surface area contributed by atoms with Gasteiger partial charge in [-0.05, 0) is 56.4 Å². The molecule has 0 fully saturated rings. The first-order valence-electron chi connectivity index (χ1n) is 9.28. The predicted molar refractivity (Wildman–Crippen MR) is 117 cm³/mol. The third kappa shape index (κ3) is 6.25. The second-order valence-electron chi connectivity index (χ2n) is 6.74. The van der Waals surface area contributed by atoms with Crippen LogP contribution in [-0.4, -0.2) is 44.3 Å². The molecular weight excluding hydrogens is 404 g/mol. The van der Waals surface area contributed by atoms with E-state index in [1.54, 1.807) is 18.2 Å². The molecule has 0 saturated heterocycles. The Labute approximate surface area is 180 Å². The standard InChI is InChI=1S/C22H26N2O5S/c1-13-8-14(2)21(15(3)9-13)24-19(25)11-23-20(26)12-29-22(27)17-7-6-16(30-5)10-18(17)28-4/h6-10H,11-12H2,1-5H3,(H,23,26)(H,24,25). The number of benzene rings is 2. The minimum atomic E-state index is -0.676. The third-order valence-corrected chi connectivity index (χ3v) is 5.08. The Morgan fingerprint density at radius 3 is 2.27 bits per heavy atom. The largest absolute Gasteiger partial charge is 0.496 e. The molecule has 2 rings (SSSR count). The predicted octanol–water partition coefficient (Wildman–Crippen LogP) is 3.25. The Kier molecular flexibility index (Phi) is 8.29. The summed E-state index contributed by atoms with van der Waals surface area (Å²) >= 11 is 1.51. The average Bonchev–Trinajstić information content (AvgIpc) is 2.72. The smallest absolute Gasteiger partial charge is 0.342 e. The molecule has 2 N–H and O–H groups in total. The fourth-order valence-electron chi connectivity index (χ4n) is 2.97. The Balaban J connectivity index is 1.85. The number of nitrogens with one attached hydrogen (secondary N) is 2. The fourth-order valence-corrected chi connectivity index (χ4v) is 3.40. The van der Waals surface area contributed by atoms with Crippen molar-refractivity contribution in [1.29, 1.82) is 0 Å². The summed E-state index contributed by atoms with van der Waals surface area (Å²) in [4.78, 5) is 37.3. The van der Waals surface area contributed by atoms with Crippen LogP contribution >= 0.6 is 11.8 Å². The van der Waals surface area contributed by atoms with E-state index >= 15 is 0 Å². The number of carbonyl (C=O) groups is 3. The number of esters is 1. The number of ether oxygens (including phenoxy) is 2. The molecule has 0 spiro atoms. The molecule has 8 heteroatoms. The summed E-state index contributed by atoms with van der Waals surface area (Å²) in [6.07, 6.45) is 1.91. The number of methoxy groups -OCH3 is 1. The molecule has 0 aliphatic rings. The number of anilines is 1. The van der Waals surface area contributed by atoms with Gasteiger partial charge >= 0.3 is 5.97 Å². The van der Waals surface area contributed by atoms with Crippen LogP contribution in [0.3, 0.4) is 0 Å². The van der Waals surface area contributed by atoms with Crippen molar-refractivity contribution in [2.45, 2.75) is 25.7 Å². The molecule has 0 aromatic heterocycles. The summed E-state index contributed by atoms with van der Waals surface area (Å²) in [5.41, 5.74) is 3.96. The molecule has 2 aromatic rings. The molecule has 160 valence electrons. The molecule has 0 bridgehead atoms. The molecule has 0 radical (unpaired) electrons. The first-order valence-corrected chi connectivity index (χ1v) is 10.5. The van der Waals surface area contributed by atoms with Crippen molar-refractivity contribution in [2.75, 3.05) is 31.8 Å². The maximum atomic E-state index is 12.2. The van der Waals surface area contributed by atoms with E-state index in [9.17, 15) is 14.4 Å². The van der Waals surface area contributed by atoms with E-state index in [-0.39, 0.29) is 18.0 Å². The molecule has 2 aromatic carbocycles. The van der Waals surface area contributed by atoms with Gasteiger partial charge in [0, 0.05) is 10.6 Å². The van der Waals surface area contributed by atoms with Gasteiger partial charge < -0.3 is 20.1 Å². The summed E-state index contributed by atoms with van der Waals surface area (Å²) in [7, 11) is 1.46. The van der Waals surface area contributed by atoms with Crippen LogP contribution in [0.25, 0.3) is 0 Å². The topological polar surface area (TPSA) is 93.7 Å². The van der Waals surface area contributed by atoms with Crippen molar-refractivity contribution in [3.8, 4) is 5.75 Å². The Bertz CT molecular complexity index is 936. The monoisotopic (exact) mass is 430 g/mol. The van der Waals surface area contributed by atoms with Gasteiger partial charge in [0.25, 0.3) is 5.91 Å². The summed E-state index contributed by atoms with van der Waals surface area (Å²) in [5.74, 6) is -1.24. The lowest BCUT2D eigenvalue weighted by Gasteiger charge is -2.13. The maximum Gasteiger partial charge on any atom is 0.342 e. The van der Waals surface area contributed by atoms with Gasteiger partial charge in [0.1, 0.15) is 11.3 Å². The second-order valence-corrected chi connectivity index (χ2v) is 7.62. The van der Waals surface area contributed by atoms with Crippen LogP contribution in [-0.2, 0) is 14.3 Å². The van der Waals surface area contributed by atoms with Crippen LogP contribution in [0, 0.1) is 20.8 Å². The SMILES string of the molecule is COc1cc(SC)ccc1C(=O)OCC(=O)NCC(=O)Nc1c(C)cc(C)cc1C. The zero-order chi connectivity index (χ0) is 22.3. The summed E-state index contributed by atoms with van der Waals surface area (Å²) in [5, 5.41) is 5.24. The van der Waals surface area contributed by atoms with E-state index in [1.807, 2.05) is 39.2 Å². The minimum Gasteiger partial charge on any atom is -0.496 e. The lowest BCUT2D eigenvalue weighted by molar-refractivity contribution is -0.126. The van der Waals surface area contributed by atoms with E-state index in [0.29, 0.717) is 5.75 Å². The first kappa shape index (κ1) is 23.3. The average molecular weight is 431 g/mol. The molecule has 0 atom stereocenters. The van der Waals surface area contributed by atoms with E-state index in [4.69, 9.17) is 9.47 Å². The molecular formula is C22H26N2O5S. The summed E-state index contributed by atoms with van der Waals surface area (Å²) in [6, 6.07) is 9.02. The number of aryl methyl sites for hydroxylation is 3. The van der Waals surface area contributed by atoms with Gasteiger partial charge in [0.15, 0.2) is 6.61 Å². The third-order valence-electron chi connectivity index (χ3n) is 4.35. The van der Waals surface area contributed by atoms with Crippen molar-refractivity contribution in [3.63, 3.8) is 0 Å². The van der Waals surface area contributed by atoms with Gasteiger partial charge in [-0.1, -0.05) is 17.7 Å². The van der Waals surface area contributed by atoms with Crippen molar-refractivity contribution in [2.24, 2.45) is 0 Å². The zero-order valence-corrected chi connectivity index (χ0v) is 18.6. The molecule has 30 heavy (non-hydrogen) atoms. The molecule has 0 heterocycles. The van der Waals surface area contributed by atoms with Crippen LogP contribution < -0.4 is 15.4 Å². The molecule has 0 unspecified atom stereocenters. The van der Waals surface area contributed by atoms with Gasteiger partial charge in [-0.15, -0.1) is 11.8 Å². The lowest BCUT2D eigenvalue weighted by Crippen LogP contribution is -2.35. The van der Waals surface area contributed by atoms with Gasteiger partial charge in [0.2, 0.25) is 5.91 Å². The quantitative estimate of drug-likeness (QED) is 0.493. The van der Waals surface area contributed by atoms with E-state index in [2.05, 4.69) is 10.6 Å². The molecule has 0 aliphatic carbocycles. The van der Waals surface area contributed by atoms with E-state index < -0.39 is 18.5 Å². The highest BCUT2D eigenvalue weighted by Gasteiger charge is 2.16. The van der Waals surface area contributed by atoms with Crippen molar-refractivity contribution in [3.05, 3.63) is 52.6 Å². The highest BCUT2D eigenvalue weighted by atomic mass is 32.2. The van der Waals surface area contributed by atoms with Gasteiger partial charge in [-0.2, -0.15) is 0 Å². The van der Waals surface area contributed by atoms with Crippen molar-refractivity contribution < 1.29 is 23.9 Å². The van der Waals surface area contributed by atoms with Gasteiger partial charge in [-0.3, -0.25) is 9.59 Å². The van der Waals surface area contributed by atoms with Crippen LogP contribution in [0.1, 0.15) is 27.0 Å². The first-order chi connectivity index (χ1) is 14.2. The minimum absolute atomic E-state index is 0.227. The van der Waals surface area contributed by atoms with Gasteiger partial charge in [0.05, 0.1) is 13.7 Å². The Hall–Kier alpha value is -3.00. The van der Waals surface area contributed by atoms with Crippen LogP contribution in [0.5, 0.6) is 5.75 Å². The molecule has 2 amide bonds. The van der Waals surface area contributed by atoms with Crippen LogP contribution in [0.15, 0.2) is 35.2 Å². The molecule has 0 aliphatic heterocycles. The number of rotatable bonds is 8. The normalized spacial score (nSPS) is 10.3. The van der Waals surface area contributed by atoms with Crippen molar-refractivity contribution >= 4 is 35.2 Å². The lowest BCUT2D eigenvalue weighted by atomic mass is 10.1. The zero-order valence-electron chi connectivity index (χ0n) is 17.8. The summed E-state index contributed by atoms with van der Waals surface area (Å²) < 4.78 is 10.2. The van der Waals surface area contributed by atoms with Gasteiger partial charge in [-0.25, -0.2) is 4.79 Å². The molecule has 0 saturated carbocycles. The van der Waals surface area contributed by atoms with Crippen LogP contribution in [0.2, 0.25) is 0 Å². The number of carbonyl (C=O) groups excluding carboxylic acids is 3. The summed E-state index contributed by atoms with van der Waals surface area (Å²) in [6.45, 7) is 5.08. The highest BCUT2D eigenvalue weighted by molar-refractivity contribution is 7.98. The van der Waals surface area contributed by atoms with Crippen molar-refractivity contribution in [1.82, 2.24) is 5.32 Å².